The first kappa shape index (κ1) is 14.7. The fourth-order valence-electron chi connectivity index (χ4n) is 1.69. The average molecular weight is 363 g/mol. The molecule has 0 aliphatic carbocycles. The van der Waals surface area contributed by atoms with Gasteiger partial charge in [-0.15, -0.1) is 0 Å². The Balaban J connectivity index is 2.65. The molecule has 1 aromatic rings. The van der Waals surface area contributed by atoms with Crippen LogP contribution in [0.15, 0.2) is 16.6 Å². The Labute approximate surface area is 119 Å². The first-order chi connectivity index (χ1) is 8.04. The summed E-state index contributed by atoms with van der Waals surface area (Å²) in [6.45, 7) is 4.01. The SMILES string of the molecule is Cc1cc(Br)cc(C)c1NC(=O)CCCCBr. The van der Waals surface area contributed by atoms with E-state index in [1.54, 1.807) is 0 Å². The van der Waals surface area contributed by atoms with Crippen molar-refractivity contribution in [2.45, 2.75) is 33.1 Å². The number of hydrogen-bond donors (Lipinski definition) is 1. The van der Waals surface area contributed by atoms with Crippen molar-refractivity contribution in [3.05, 3.63) is 27.7 Å². The van der Waals surface area contributed by atoms with Crippen LogP contribution >= 0.6 is 31.9 Å². The highest BCUT2D eigenvalue weighted by molar-refractivity contribution is 9.10. The number of benzene rings is 1. The van der Waals surface area contributed by atoms with Crippen molar-refractivity contribution < 1.29 is 4.79 Å². The fraction of sp³-hybridized carbons (Fsp3) is 0.462. The van der Waals surface area contributed by atoms with E-state index >= 15 is 0 Å². The Kier molecular flexibility index (Phi) is 6.20. The molecule has 1 amide bonds. The average Bonchev–Trinajstić information content (AvgIpc) is 2.24. The van der Waals surface area contributed by atoms with E-state index < -0.39 is 0 Å². The molecule has 4 heteroatoms. The maximum atomic E-state index is 11.7. The van der Waals surface area contributed by atoms with Gasteiger partial charge in [0.1, 0.15) is 0 Å². The van der Waals surface area contributed by atoms with Gasteiger partial charge in [-0.1, -0.05) is 31.9 Å². The molecule has 94 valence electrons. The summed E-state index contributed by atoms with van der Waals surface area (Å²) in [7, 11) is 0. The van der Waals surface area contributed by atoms with E-state index in [-0.39, 0.29) is 5.91 Å². The van der Waals surface area contributed by atoms with E-state index in [2.05, 4.69) is 37.2 Å². The molecule has 0 saturated carbocycles. The van der Waals surface area contributed by atoms with Crippen LogP contribution in [0.5, 0.6) is 0 Å². The molecule has 2 nitrogen and oxygen atoms in total. The van der Waals surface area contributed by atoms with E-state index in [9.17, 15) is 4.79 Å². The number of rotatable bonds is 5. The molecule has 0 atom stereocenters. The first-order valence-corrected chi connectivity index (χ1v) is 7.58. The number of halogens is 2. The van der Waals surface area contributed by atoms with Crippen LogP contribution in [0.4, 0.5) is 5.69 Å². The maximum absolute atomic E-state index is 11.7. The van der Waals surface area contributed by atoms with Crippen LogP contribution in [-0.4, -0.2) is 11.2 Å². The zero-order valence-electron chi connectivity index (χ0n) is 10.1. The molecule has 0 bridgehead atoms. The van der Waals surface area contributed by atoms with Gasteiger partial charge >= 0.3 is 0 Å². The quantitative estimate of drug-likeness (QED) is 0.603. The van der Waals surface area contributed by atoms with Gasteiger partial charge in [0.25, 0.3) is 0 Å². The minimum atomic E-state index is 0.0967. The second-order valence-electron chi connectivity index (χ2n) is 4.11. The second-order valence-corrected chi connectivity index (χ2v) is 5.82. The van der Waals surface area contributed by atoms with E-state index in [0.29, 0.717) is 6.42 Å². The molecule has 1 rings (SSSR count). The van der Waals surface area contributed by atoms with E-state index in [1.807, 2.05) is 26.0 Å². The number of aryl methyl sites for hydroxylation is 2. The summed E-state index contributed by atoms with van der Waals surface area (Å²) in [6.07, 6.45) is 2.54. The lowest BCUT2D eigenvalue weighted by atomic mass is 10.1. The van der Waals surface area contributed by atoms with Crippen LogP contribution < -0.4 is 5.32 Å². The maximum Gasteiger partial charge on any atom is 0.224 e. The van der Waals surface area contributed by atoms with Gasteiger partial charge in [-0.05, 0) is 49.9 Å². The Morgan fingerprint density at radius 3 is 2.35 bits per heavy atom. The first-order valence-electron chi connectivity index (χ1n) is 5.67. The predicted octanol–water partition coefficient (Wildman–Crippen LogP) is 4.57. The molecule has 1 N–H and O–H groups in total. The van der Waals surface area contributed by atoms with E-state index in [1.165, 1.54) is 0 Å². The third-order valence-corrected chi connectivity index (χ3v) is 3.57. The number of unbranched alkanes of at least 4 members (excludes halogenated alkanes) is 1. The fourth-order valence-corrected chi connectivity index (χ4v) is 2.77. The van der Waals surface area contributed by atoms with Gasteiger partial charge in [0.2, 0.25) is 5.91 Å². The van der Waals surface area contributed by atoms with Crippen molar-refractivity contribution in [2.75, 3.05) is 10.6 Å². The summed E-state index contributed by atoms with van der Waals surface area (Å²) in [6, 6.07) is 4.03. The molecule has 0 aromatic heterocycles. The zero-order chi connectivity index (χ0) is 12.8. The zero-order valence-corrected chi connectivity index (χ0v) is 13.3. The highest BCUT2D eigenvalue weighted by Gasteiger charge is 2.08. The summed E-state index contributed by atoms with van der Waals surface area (Å²) in [4.78, 5) is 11.7. The topological polar surface area (TPSA) is 29.1 Å². The van der Waals surface area contributed by atoms with E-state index in [4.69, 9.17) is 0 Å². The van der Waals surface area contributed by atoms with Crippen molar-refractivity contribution in [1.29, 1.82) is 0 Å². The molecule has 0 heterocycles. The molecular formula is C13H17Br2NO. The summed E-state index contributed by atoms with van der Waals surface area (Å²) in [5.41, 5.74) is 3.12. The molecule has 0 unspecified atom stereocenters. The van der Waals surface area contributed by atoms with Crippen molar-refractivity contribution in [1.82, 2.24) is 0 Å². The van der Waals surface area contributed by atoms with Crippen molar-refractivity contribution in [3.8, 4) is 0 Å². The Morgan fingerprint density at radius 1 is 1.24 bits per heavy atom. The number of nitrogens with one attached hydrogen (secondary N) is 1. The van der Waals surface area contributed by atoms with Crippen LogP contribution in [0.2, 0.25) is 0 Å². The molecule has 0 fully saturated rings. The van der Waals surface area contributed by atoms with Crippen LogP contribution in [0.25, 0.3) is 0 Å². The largest absolute Gasteiger partial charge is 0.326 e. The lowest BCUT2D eigenvalue weighted by Gasteiger charge is -2.12. The molecule has 1 aromatic carbocycles. The summed E-state index contributed by atoms with van der Waals surface area (Å²) in [5.74, 6) is 0.0967. The highest BCUT2D eigenvalue weighted by Crippen LogP contribution is 2.25. The Morgan fingerprint density at radius 2 is 1.82 bits per heavy atom. The number of alkyl halides is 1. The second kappa shape index (κ2) is 7.17. The lowest BCUT2D eigenvalue weighted by Crippen LogP contribution is -2.13. The Hall–Kier alpha value is -0.350. The molecule has 0 aliphatic rings. The van der Waals surface area contributed by atoms with Crippen LogP contribution in [0.1, 0.15) is 30.4 Å². The smallest absolute Gasteiger partial charge is 0.224 e. The van der Waals surface area contributed by atoms with Crippen molar-refractivity contribution in [3.63, 3.8) is 0 Å². The number of anilines is 1. The van der Waals surface area contributed by atoms with Gasteiger partial charge in [0.15, 0.2) is 0 Å². The molecule has 17 heavy (non-hydrogen) atoms. The van der Waals surface area contributed by atoms with Gasteiger partial charge in [-0.2, -0.15) is 0 Å². The molecule has 0 spiro atoms. The highest BCUT2D eigenvalue weighted by atomic mass is 79.9. The van der Waals surface area contributed by atoms with Crippen LogP contribution in [0.3, 0.4) is 0 Å². The normalized spacial score (nSPS) is 10.4. The lowest BCUT2D eigenvalue weighted by molar-refractivity contribution is -0.116. The third-order valence-electron chi connectivity index (χ3n) is 2.55. The Bertz CT molecular complexity index is 381. The predicted molar refractivity (Wildman–Crippen MR) is 79.9 cm³/mol. The van der Waals surface area contributed by atoms with Crippen molar-refractivity contribution in [2.24, 2.45) is 0 Å². The summed E-state index contributed by atoms with van der Waals surface area (Å²) < 4.78 is 1.05. The minimum Gasteiger partial charge on any atom is -0.326 e. The number of amides is 1. The summed E-state index contributed by atoms with van der Waals surface area (Å²) >= 11 is 6.81. The van der Waals surface area contributed by atoms with E-state index in [0.717, 1.165) is 39.5 Å². The van der Waals surface area contributed by atoms with Gasteiger partial charge in [0.05, 0.1) is 0 Å². The third kappa shape index (κ3) is 4.80. The molecule has 0 aliphatic heterocycles. The van der Waals surface area contributed by atoms with Crippen LogP contribution in [0, 0.1) is 13.8 Å². The van der Waals surface area contributed by atoms with Gasteiger partial charge < -0.3 is 5.32 Å². The van der Waals surface area contributed by atoms with Crippen molar-refractivity contribution >= 4 is 43.5 Å². The van der Waals surface area contributed by atoms with Gasteiger partial charge in [-0.3, -0.25) is 4.79 Å². The van der Waals surface area contributed by atoms with Crippen LogP contribution in [-0.2, 0) is 4.79 Å². The minimum absolute atomic E-state index is 0.0967. The van der Waals surface area contributed by atoms with Gasteiger partial charge in [0, 0.05) is 21.9 Å². The summed E-state index contributed by atoms with van der Waals surface area (Å²) in [5, 5.41) is 3.94. The molecule has 0 radical (unpaired) electrons. The van der Waals surface area contributed by atoms with Gasteiger partial charge in [-0.25, -0.2) is 0 Å². The number of carbonyl (C=O) groups is 1. The number of hydrogen-bond acceptors (Lipinski definition) is 1. The molecule has 0 saturated heterocycles. The monoisotopic (exact) mass is 361 g/mol. The standard InChI is InChI=1S/C13H17Br2NO/c1-9-7-11(15)8-10(2)13(9)16-12(17)5-3-4-6-14/h7-8H,3-6H2,1-2H3,(H,16,17). The molecular weight excluding hydrogens is 346 g/mol. The number of carbonyl (C=O) groups excluding carboxylic acids is 1.